The van der Waals surface area contributed by atoms with Crippen LogP contribution in [0.2, 0.25) is 10.0 Å². The van der Waals surface area contributed by atoms with E-state index < -0.39 is 0 Å². The number of hydrogen-bond acceptors (Lipinski definition) is 8. The van der Waals surface area contributed by atoms with Gasteiger partial charge in [-0.25, -0.2) is 0 Å². The van der Waals surface area contributed by atoms with Gasteiger partial charge in [-0.1, -0.05) is 63.4 Å². The van der Waals surface area contributed by atoms with E-state index in [9.17, 15) is 0 Å². The Labute approximate surface area is 346 Å². The van der Waals surface area contributed by atoms with Crippen LogP contribution < -0.4 is 33.7 Å². The van der Waals surface area contributed by atoms with E-state index in [2.05, 4.69) is 40.0 Å². The van der Waals surface area contributed by atoms with Crippen molar-refractivity contribution in [2.45, 2.75) is 50.7 Å². The van der Waals surface area contributed by atoms with Crippen LogP contribution in [0, 0.1) is 0 Å². The highest BCUT2D eigenvalue weighted by Crippen LogP contribution is 2.31. The van der Waals surface area contributed by atoms with Crippen molar-refractivity contribution >= 4 is 51.5 Å². The van der Waals surface area contributed by atoms with Crippen LogP contribution in [0.4, 0.5) is 0 Å². The largest absolute Gasteiger partial charge is 0.493 e. The highest BCUT2D eigenvalue weighted by atomic mass is 79.9. The quantitative estimate of drug-likeness (QED) is 0.133. The number of alkyl halides is 1. The first-order valence-corrected chi connectivity index (χ1v) is 19.9. The molecule has 0 saturated carbocycles. The van der Waals surface area contributed by atoms with Crippen molar-refractivity contribution in [3.63, 3.8) is 0 Å². The molecule has 2 aliphatic heterocycles. The number of nitrogens with zero attached hydrogens (tertiary/aromatic N) is 1. The number of rotatable bonds is 13. The highest BCUT2D eigenvalue weighted by Gasteiger charge is 2.32. The smallest absolute Gasteiger partial charge is 0.161 e. The first-order chi connectivity index (χ1) is 25.6. The number of methoxy groups -OCH3 is 2. The zero-order chi connectivity index (χ0) is 37.9. The van der Waals surface area contributed by atoms with Crippen molar-refractivity contribution in [2.24, 2.45) is 0 Å². The summed E-state index contributed by atoms with van der Waals surface area (Å²) in [6.45, 7) is 10.6. The van der Waals surface area contributed by atoms with Crippen molar-refractivity contribution in [1.29, 1.82) is 0 Å². The van der Waals surface area contributed by atoms with Gasteiger partial charge in [-0.2, -0.15) is 0 Å². The lowest BCUT2D eigenvalue weighted by molar-refractivity contribution is 0.0135. The molecule has 1 N–H and O–H groups in total. The summed E-state index contributed by atoms with van der Waals surface area (Å²) in [7, 11) is 3.30. The lowest BCUT2D eigenvalue weighted by Gasteiger charge is -2.39. The van der Waals surface area contributed by atoms with Crippen LogP contribution in [-0.4, -0.2) is 81.6 Å². The van der Waals surface area contributed by atoms with Crippen LogP contribution >= 0.6 is 51.5 Å². The number of nitrogens with one attached hydrogen (secondary N) is 1. The maximum atomic E-state index is 6.22. The van der Waals surface area contributed by atoms with E-state index >= 15 is 0 Å². The van der Waals surface area contributed by atoms with Crippen molar-refractivity contribution < 1.29 is 28.4 Å². The molecule has 2 heterocycles. The molecule has 2 aliphatic rings. The molecule has 6 rings (SSSR count). The number of para-hydroxylation sites is 4. The molecule has 0 aromatic heterocycles. The monoisotopic (exact) mass is 866 g/mol. The Hall–Kier alpha value is -3.05. The second kappa shape index (κ2) is 23.8. The molecule has 0 bridgehead atoms. The fraction of sp³-hybridized carbons (Fsp3) is 0.429. The van der Waals surface area contributed by atoms with Crippen LogP contribution in [0.25, 0.3) is 0 Å². The average molecular weight is 869 g/mol. The lowest BCUT2D eigenvalue weighted by Crippen LogP contribution is -2.47. The Morgan fingerprint density at radius 3 is 1.44 bits per heavy atom. The molecule has 8 nitrogen and oxygen atoms in total. The third-order valence-corrected chi connectivity index (χ3v) is 9.90. The van der Waals surface area contributed by atoms with Gasteiger partial charge in [-0.3, -0.25) is 4.90 Å². The number of benzene rings is 4. The van der Waals surface area contributed by atoms with Gasteiger partial charge in [0.05, 0.1) is 20.8 Å². The van der Waals surface area contributed by atoms with Crippen LogP contribution in [0.3, 0.4) is 0 Å². The molecule has 296 valence electrons. The van der Waals surface area contributed by atoms with Gasteiger partial charge in [0.1, 0.15) is 29.3 Å². The zero-order valence-corrected chi connectivity index (χ0v) is 35.6. The summed E-state index contributed by atoms with van der Waals surface area (Å²) in [4.78, 5) is 2.42. The molecule has 0 atom stereocenters. The van der Waals surface area contributed by atoms with Crippen molar-refractivity contribution in [2.75, 3.05) is 65.5 Å². The summed E-state index contributed by atoms with van der Waals surface area (Å²) in [5, 5.41) is 5.64. The molecule has 4 aromatic rings. The molecular weight excluding hydrogens is 815 g/mol. The topological polar surface area (TPSA) is 70.7 Å². The third kappa shape index (κ3) is 15.6. The Kier molecular flexibility index (Phi) is 20.0. The van der Waals surface area contributed by atoms with Crippen LogP contribution in [-0.2, 0) is 0 Å². The molecule has 0 aliphatic carbocycles. The molecular formula is C42H54BrCl3N2O6. The summed E-state index contributed by atoms with van der Waals surface area (Å²) in [5.41, 5.74) is -0.160. The van der Waals surface area contributed by atoms with Gasteiger partial charge in [0.15, 0.2) is 23.0 Å². The van der Waals surface area contributed by atoms with E-state index in [1.807, 2.05) is 97.1 Å². The first kappa shape index (κ1) is 45.3. The number of piperidine rings is 2. The summed E-state index contributed by atoms with van der Waals surface area (Å²) in [5.74, 6) is 4.92. The maximum absolute atomic E-state index is 6.22. The van der Waals surface area contributed by atoms with Gasteiger partial charge < -0.3 is 33.7 Å². The summed E-state index contributed by atoms with van der Waals surface area (Å²) >= 11 is 15.0. The van der Waals surface area contributed by atoms with Crippen LogP contribution in [0.1, 0.15) is 39.5 Å². The number of hydrogen-bond donors (Lipinski definition) is 1. The molecule has 54 heavy (non-hydrogen) atoms. The Balaban J connectivity index is 0.000000237. The molecule has 0 amide bonds. The second-order valence-corrected chi connectivity index (χ2v) is 15.0. The van der Waals surface area contributed by atoms with E-state index in [-0.39, 0.29) is 23.6 Å². The minimum absolute atomic E-state index is 0. The summed E-state index contributed by atoms with van der Waals surface area (Å²) < 4.78 is 33.9. The van der Waals surface area contributed by atoms with Crippen LogP contribution in [0.5, 0.6) is 34.5 Å². The SMILES string of the molecule is CC1(Oc2ccc(Cl)cc2)CCNCC1.COc1ccccc1OCCBr.COc1ccccc1OCCN1CCC(C)(Oc2ccc(Cl)cc2)CC1.Cl. The van der Waals surface area contributed by atoms with E-state index in [4.69, 9.17) is 51.6 Å². The maximum Gasteiger partial charge on any atom is 0.161 e. The van der Waals surface area contributed by atoms with Gasteiger partial charge in [0.25, 0.3) is 0 Å². The van der Waals surface area contributed by atoms with Crippen LogP contribution in [0.15, 0.2) is 97.1 Å². The molecule has 12 heteroatoms. The van der Waals surface area contributed by atoms with Gasteiger partial charge in [0, 0.05) is 35.0 Å². The highest BCUT2D eigenvalue weighted by molar-refractivity contribution is 9.09. The molecule has 2 fully saturated rings. The summed E-state index contributed by atoms with van der Waals surface area (Å²) in [6, 6.07) is 30.5. The normalized spacial score (nSPS) is 15.8. The molecule has 0 spiro atoms. The Morgan fingerprint density at radius 1 is 0.611 bits per heavy atom. The van der Waals surface area contributed by atoms with Gasteiger partial charge in [-0.05, 0) is 125 Å². The van der Waals surface area contributed by atoms with E-state index in [1.54, 1.807) is 14.2 Å². The molecule has 0 unspecified atom stereocenters. The Morgan fingerprint density at radius 2 is 1.02 bits per heavy atom. The lowest BCUT2D eigenvalue weighted by atomic mass is 9.93. The standard InChI is InChI=1S/C21H26ClNO3.C12H16ClNO.C9H11BrO2.ClH/c1-21(26-18-9-7-17(22)8-10-18)11-13-23(14-12-21)15-16-25-20-6-4-3-5-19(20)24-2;1-12(6-8-14-9-7-12)15-11-4-2-10(13)3-5-11;1-11-8-4-2-3-5-9(8)12-7-6-10;/h3-10H,11-16H2,1-2H3;2-5,14H,6-9H2,1H3;2-5H,6-7H2,1H3;1H. The van der Waals surface area contributed by atoms with E-state index in [0.717, 1.165) is 108 Å². The fourth-order valence-electron chi connectivity index (χ4n) is 5.89. The fourth-order valence-corrected chi connectivity index (χ4v) is 6.31. The van der Waals surface area contributed by atoms with E-state index in [0.29, 0.717) is 13.2 Å². The second-order valence-electron chi connectivity index (χ2n) is 13.3. The molecule has 4 aromatic carbocycles. The number of likely N-dealkylation sites (tertiary alicyclic amines) is 1. The minimum Gasteiger partial charge on any atom is -0.493 e. The van der Waals surface area contributed by atoms with E-state index in [1.165, 1.54) is 0 Å². The minimum atomic E-state index is -0.131. The predicted octanol–water partition coefficient (Wildman–Crippen LogP) is 10.4. The Bertz CT molecular complexity index is 1620. The van der Waals surface area contributed by atoms with Gasteiger partial charge >= 0.3 is 0 Å². The predicted molar refractivity (Wildman–Crippen MR) is 227 cm³/mol. The van der Waals surface area contributed by atoms with Crippen molar-refractivity contribution in [1.82, 2.24) is 10.2 Å². The van der Waals surface area contributed by atoms with Crippen molar-refractivity contribution in [3.05, 3.63) is 107 Å². The number of halogens is 4. The van der Waals surface area contributed by atoms with Gasteiger partial charge in [0.2, 0.25) is 0 Å². The zero-order valence-electron chi connectivity index (χ0n) is 31.7. The molecule has 2 saturated heterocycles. The first-order valence-electron chi connectivity index (χ1n) is 18.0. The average Bonchev–Trinajstić information content (AvgIpc) is 3.18. The number of ether oxygens (including phenoxy) is 6. The van der Waals surface area contributed by atoms with Crippen molar-refractivity contribution in [3.8, 4) is 34.5 Å². The summed E-state index contributed by atoms with van der Waals surface area (Å²) in [6.07, 6.45) is 4.08. The third-order valence-electron chi connectivity index (χ3n) is 9.07. The van der Waals surface area contributed by atoms with Gasteiger partial charge in [-0.15, -0.1) is 12.4 Å². The molecule has 0 radical (unpaired) electrons.